The van der Waals surface area contributed by atoms with Crippen LogP contribution in [0.2, 0.25) is 0 Å². The van der Waals surface area contributed by atoms with E-state index in [1.54, 1.807) is 0 Å². The lowest BCUT2D eigenvalue weighted by molar-refractivity contribution is 0.407. The van der Waals surface area contributed by atoms with Gasteiger partial charge in [-0.05, 0) is 25.8 Å². The second kappa shape index (κ2) is 6.70. The number of aromatic nitrogens is 3. The molecule has 6 nitrogen and oxygen atoms in total. The van der Waals surface area contributed by atoms with Crippen LogP contribution in [0.4, 0.5) is 0 Å². The number of hydrogen-bond acceptors (Lipinski definition) is 5. The molecule has 0 aliphatic heterocycles. The molecule has 0 saturated heterocycles. The van der Waals surface area contributed by atoms with Gasteiger partial charge in [-0.15, -0.1) is 0 Å². The highest BCUT2D eigenvalue weighted by Crippen LogP contribution is 2.27. The quantitative estimate of drug-likeness (QED) is 0.712. The van der Waals surface area contributed by atoms with E-state index < -0.39 is 60.7 Å². The number of imidazole rings is 1. The number of fused-ring (bicyclic) bond motifs is 1. The highest BCUT2D eigenvalue weighted by atomic mass is 32.2. The van der Waals surface area contributed by atoms with Crippen LogP contribution >= 0.6 is 0 Å². The zero-order valence-electron chi connectivity index (χ0n) is 22.5. The van der Waals surface area contributed by atoms with Crippen molar-refractivity contribution in [1.82, 2.24) is 15.0 Å². The number of H-pyrrole nitrogens is 1. The zero-order valence-corrected chi connectivity index (χ0v) is 13.3. The Hall–Kier alpha value is -2.25. The fourth-order valence-electron chi connectivity index (χ4n) is 2.12. The summed E-state index contributed by atoms with van der Waals surface area (Å²) in [6.45, 7) is -5.73. The Labute approximate surface area is 157 Å². The average Bonchev–Trinajstić information content (AvgIpc) is 3.07. The summed E-state index contributed by atoms with van der Waals surface area (Å²) in [5.74, 6) is -0.998. The molecule has 3 rings (SSSR count). The van der Waals surface area contributed by atoms with Crippen molar-refractivity contribution >= 4 is 22.2 Å². The van der Waals surface area contributed by atoms with Crippen LogP contribution < -0.4 is 9.47 Å². The molecule has 1 aromatic carbocycles. The van der Waals surface area contributed by atoms with Crippen molar-refractivity contribution in [3.8, 4) is 11.5 Å². The van der Waals surface area contributed by atoms with Crippen LogP contribution in [0.25, 0.3) is 11.0 Å². The van der Waals surface area contributed by atoms with Crippen molar-refractivity contribution < 1.29 is 27.7 Å². The Morgan fingerprint density at radius 2 is 2.29 bits per heavy atom. The van der Waals surface area contributed by atoms with Gasteiger partial charge in [-0.3, -0.25) is 9.97 Å². The first-order chi connectivity index (χ1) is 15.5. The van der Waals surface area contributed by atoms with Gasteiger partial charge >= 0.3 is 5.16 Å². The Morgan fingerprint density at radius 3 is 3.04 bits per heavy atom. The number of nitrogens with zero attached hydrogens (tertiary/aromatic N) is 2. The summed E-state index contributed by atoms with van der Waals surface area (Å²) in [6, 6.07) is 4.19. The summed E-state index contributed by atoms with van der Waals surface area (Å²) < 4.78 is 98.9. The SMILES string of the molecule is [2H]c1nc(C[S+]([O-])c2nc3ccc(OC([2H])([2H])[2H])cc3[nH]2)c(C([2H])([2H])[2H])c(OC)c1C([2H])([2H])[2H]. The lowest BCUT2D eigenvalue weighted by Gasteiger charge is -2.13. The lowest BCUT2D eigenvalue weighted by Crippen LogP contribution is -2.10. The first-order valence-electron chi connectivity index (χ1n) is 11.7. The fraction of sp³-hybridized carbons (Fsp3) is 0.294. The van der Waals surface area contributed by atoms with Gasteiger partial charge in [0.1, 0.15) is 11.5 Å². The summed E-state index contributed by atoms with van der Waals surface area (Å²) in [6.07, 6.45) is -0.715. The summed E-state index contributed by atoms with van der Waals surface area (Å²) in [5, 5.41) is -0.0651. The second-order valence-electron chi connectivity index (χ2n) is 4.77. The van der Waals surface area contributed by atoms with Crippen LogP contribution in [0.1, 0.15) is 30.5 Å². The maximum absolute atomic E-state index is 13.0. The summed E-state index contributed by atoms with van der Waals surface area (Å²) >= 11 is -1.99. The minimum atomic E-state index is -2.87. The lowest BCUT2D eigenvalue weighted by atomic mass is 10.1. The van der Waals surface area contributed by atoms with Crippen LogP contribution in [0, 0.1) is 13.7 Å². The summed E-state index contributed by atoms with van der Waals surface area (Å²) in [5.41, 5.74) is -0.816. The number of methoxy groups -OCH3 is 2. The maximum Gasteiger partial charge on any atom is 0.322 e. The monoisotopic (exact) mass is 355 g/mol. The highest BCUT2D eigenvalue weighted by Gasteiger charge is 2.21. The third-order valence-corrected chi connectivity index (χ3v) is 4.44. The molecule has 0 saturated carbocycles. The summed E-state index contributed by atoms with van der Waals surface area (Å²) in [4.78, 5) is 10.8. The number of benzene rings is 1. The van der Waals surface area contributed by atoms with Crippen molar-refractivity contribution in [2.75, 3.05) is 14.1 Å². The fourth-order valence-corrected chi connectivity index (χ4v) is 3.14. The van der Waals surface area contributed by atoms with Crippen LogP contribution in [0.3, 0.4) is 0 Å². The Balaban J connectivity index is 2.03. The minimum absolute atomic E-state index is 0.0312. The highest BCUT2D eigenvalue weighted by molar-refractivity contribution is 7.90. The largest absolute Gasteiger partial charge is 0.609 e. The molecule has 0 aliphatic rings. The van der Waals surface area contributed by atoms with Gasteiger partial charge in [0.05, 0.1) is 36.4 Å². The predicted molar refractivity (Wildman–Crippen MR) is 93.0 cm³/mol. The molecule has 0 aliphatic carbocycles. The molecule has 2 heterocycles. The topological polar surface area (TPSA) is 83.1 Å². The second-order valence-corrected chi connectivity index (χ2v) is 6.13. The molecule has 0 radical (unpaired) electrons. The Kier molecular flexibility index (Phi) is 2.30. The van der Waals surface area contributed by atoms with Crippen molar-refractivity contribution in [3.63, 3.8) is 0 Å². The van der Waals surface area contributed by atoms with Crippen molar-refractivity contribution in [2.24, 2.45) is 0 Å². The van der Waals surface area contributed by atoms with E-state index in [0.717, 1.165) is 7.11 Å². The maximum atomic E-state index is 13.0. The van der Waals surface area contributed by atoms with Crippen LogP contribution in [0.15, 0.2) is 29.5 Å². The molecule has 1 unspecified atom stereocenters. The van der Waals surface area contributed by atoms with Gasteiger partial charge in [0.25, 0.3) is 0 Å². The molecule has 126 valence electrons. The van der Waals surface area contributed by atoms with Crippen LogP contribution in [0.5, 0.6) is 11.5 Å². The normalized spacial score (nSPS) is 20.1. The predicted octanol–water partition coefficient (Wildman–Crippen LogP) is 2.90. The van der Waals surface area contributed by atoms with E-state index in [9.17, 15) is 4.55 Å². The van der Waals surface area contributed by atoms with Crippen molar-refractivity contribution in [2.45, 2.75) is 24.6 Å². The van der Waals surface area contributed by atoms with Crippen LogP contribution in [-0.4, -0.2) is 33.7 Å². The number of hydrogen-bond donors (Lipinski definition) is 1. The molecule has 3 aromatic rings. The van der Waals surface area contributed by atoms with E-state index in [0.29, 0.717) is 11.0 Å². The standard InChI is InChI=1S/C17H19N3O3S/c1-10-8-18-15(11(2)16(10)23-4)9-24(21)17-19-13-6-5-12(22-3)7-14(13)20-17/h5-8H,9H2,1-4H3,(H,19,20)/i1D3,2D3,3D3,8D. The first kappa shape index (κ1) is 8.22. The molecule has 0 amide bonds. The number of rotatable bonds is 5. The van der Waals surface area contributed by atoms with Crippen molar-refractivity contribution in [1.29, 1.82) is 0 Å². The zero-order chi connectivity index (χ0) is 25.6. The molecular formula is C17H19N3O3S. The third-order valence-electron chi connectivity index (χ3n) is 3.28. The molecule has 1 N–H and O–H groups in total. The van der Waals surface area contributed by atoms with Gasteiger partial charge in [0.15, 0.2) is 5.75 Å². The molecule has 0 fully saturated rings. The Morgan fingerprint density at radius 1 is 1.38 bits per heavy atom. The average molecular weight is 355 g/mol. The number of aromatic amines is 1. The number of ether oxygens (including phenoxy) is 2. The van der Waals surface area contributed by atoms with E-state index in [1.165, 1.54) is 18.2 Å². The smallest absolute Gasteiger partial charge is 0.322 e. The molecule has 2 aromatic heterocycles. The van der Waals surface area contributed by atoms with Gasteiger partial charge in [0, 0.05) is 42.8 Å². The molecule has 0 bridgehead atoms. The van der Waals surface area contributed by atoms with Gasteiger partial charge in [-0.1, -0.05) is 0 Å². The van der Waals surface area contributed by atoms with E-state index in [1.807, 2.05) is 0 Å². The molecule has 1 atom stereocenters. The molecule has 7 heteroatoms. The minimum Gasteiger partial charge on any atom is -0.609 e. The first-order valence-corrected chi connectivity index (χ1v) is 7.99. The van der Waals surface area contributed by atoms with Gasteiger partial charge in [-0.2, -0.15) is 4.98 Å². The van der Waals surface area contributed by atoms with E-state index >= 15 is 0 Å². The summed E-state index contributed by atoms with van der Waals surface area (Å²) in [7, 11) is -1.58. The van der Waals surface area contributed by atoms with E-state index in [-0.39, 0.29) is 16.6 Å². The van der Waals surface area contributed by atoms with Gasteiger partial charge < -0.3 is 14.0 Å². The van der Waals surface area contributed by atoms with Crippen molar-refractivity contribution in [3.05, 3.63) is 41.2 Å². The van der Waals surface area contributed by atoms with Crippen LogP contribution in [-0.2, 0) is 16.9 Å². The molecular weight excluding hydrogens is 326 g/mol. The molecule has 24 heavy (non-hydrogen) atoms. The van der Waals surface area contributed by atoms with Gasteiger partial charge in [-0.25, -0.2) is 0 Å². The number of pyridine rings is 1. The Bertz CT molecular complexity index is 1210. The van der Waals surface area contributed by atoms with E-state index in [2.05, 4.69) is 15.0 Å². The third kappa shape index (κ3) is 3.05. The van der Waals surface area contributed by atoms with Gasteiger partial charge in [0.2, 0.25) is 0 Å². The van der Waals surface area contributed by atoms with E-state index in [4.69, 9.17) is 23.2 Å². The molecule has 0 spiro atoms. The number of nitrogens with one attached hydrogen (secondary N) is 1.